The molecule has 92 valence electrons. The van der Waals surface area contributed by atoms with E-state index in [2.05, 4.69) is 5.32 Å². The Bertz CT molecular complexity index is 446. The molecule has 17 heavy (non-hydrogen) atoms. The van der Waals surface area contributed by atoms with Crippen LogP contribution in [-0.2, 0) is 4.74 Å². The minimum atomic E-state index is -0.724. The molecule has 1 unspecified atom stereocenters. The Morgan fingerprint density at radius 3 is 3.06 bits per heavy atom. The van der Waals surface area contributed by atoms with Crippen LogP contribution in [0.25, 0.3) is 0 Å². The number of ether oxygens (including phenoxy) is 3. The Balaban J connectivity index is 2.07. The van der Waals surface area contributed by atoms with E-state index in [1.165, 1.54) is 0 Å². The topological polar surface area (TPSA) is 60.0 Å². The SMILES string of the molecule is Oc1c(F)cc2c(c1C1CNCCO1)OCO2. The van der Waals surface area contributed by atoms with Crippen molar-refractivity contribution in [3.05, 3.63) is 17.4 Å². The molecule has 1 saturated heterocycles. The van der Waals surface area contributed by atoms with E-state index in [1.54, 1.807) is 0 Å². The van der Waals surface area contributed by atoms with Gasteiger partial charge >= 0.3 is 0 Å². The molecule has 2 aliphatic heterocycles. The molecule has 0 radical (unpaired) electrons. The Hall–Kier alpha value is -1.53. The molecule has 6 heteroatoms. The smallest absolute Gasteiger partial charge is 0.231 e. The van der Waals surface area contributed by atoms with Crippen LogP contribution in [0.3, 0.4) is 0 Å². The molecule has 3 rings (SSSR count). The second-order valence-electron chi connectivity index (χ2n) is 3.92. The lowest BCUT2D eigenvalue weighted by Gasteiger charge is -2.25. The summed E-state index contributed by atoms with van der Waals surface area (Å²) in [4.78, 5) is 0. The Morgan fingerprint density at radius 2 is 2.29 bits per heavy atom. The number of aromatic hydroxyl groups is 1. The third-order valence-corrected chi connectivity index (χ3v) is 2.87. The third-order valence-electron chi connectivity index (χ3n) is 2.87. The van der Waals surface area contributed by atoms with Crippen LogP contribution in [0.2, 0.25) is 0 Å². The van der Waals surface area contributed by atoms with Crippen LogP contribution in [0.5, 0.6) is 17.2 Å². The highest BCUT2D eigenvalue weighted by Gasteiger charge is 2.31. The van der Waals surface area contributed by atoms with Gasteiger partial charge in [-0.25, -0.2) is 4.39 Å². The summed E-state index contributed by atoms with van der Waals surface area (Å²) in [7, 11) is 0. The standard InChI is InChI=1S/C11H12FNO4/c12-6-3-7-11(17-5-16-7)9(10(6)14)8-4-13-1-2-15-8/h3,8,13-14H,1-2,4-5H2. The van der Waals surface area contributed by atoms with Gasteiger partial charge in [-0.2, -0.15) is 0 Å². The fourth-order valence-corrected chi connectivity index (χ4v) is 2.08. The van der Waals surface area contributed by atoms with E-state index in [9.17, 15) is 9.50 Å². The Morgan fingerprint density at radius 1 is 1.41 bits per heavy atom. The summed E-state index contributed by atoms with van der Waals surface area (Å²) in [6.45, 7) is 1.79. The Labute approximate surface area is 97.1 Å². The van der Waals surface area contributed by atoms with E-state index >= 15 is 0 Å². The van der Waals surface area contributed by atoms with E-state index < -0.39 is 17.7 Å². The average molecular weight is 241 g/mol. The number of nitrogens with one attached hydrogen (secondary N) is 1. The monoisotopic (exact) mass is 241 g/mol. The number of fused-ring (bicyclic) bond motifs is 1. The summed E-state index contributed by atoms with van der Waals surface area (Å²) in [6, 6.07) is 1.12. The first-order valence-electron chi connectivity index (χ1n) is 5.40. The minimum Gasteiger partial charge on any atom is -0.504 e. The van der Waals surface area contributed by atoms with E-state index in [-0.39, 0.29) is 6.79 Å². The van der Waals surface area contributed by atoms with Gasteiger partial charge in [0.1, 0.15) is 6.10 Å². The van der Waals surface area contributed by atoms with Gasteiger partial charge in [-0.15, -0.1) is 0 Å². The maximum Gasteiger partial charge on any atom is 0.231 e. The second-order valence-corrected chi connectivity index (χ2v) is 3.92. The van der Waals surface area contributed by atoms with Crippen molar-refractivity contribution in [2.24, 2.45) is 0 Å². The predicted molar refractivity (Wildman–Crippen MR) is 55.8 cm³/mol. The number of hydrogen-bond acceptors (Lipinski definition) is 5. The zero-order chi connectivity index (χ0) is 11.8. The van der Waals surface area contributed by atoms with Gasteiger partial charge in [0.25, 0.3) is 0 Å². The average Bonchev–Trinajstić information content (AvgIpc) is 2.79. The zero-order valence-electron chi connectivity index (χ0n) is 9.03. The lowest BCUT2D eigenvalue weighted by Crippen LogP contribution is -2.33. The molecule has 0 bridgehead atoms. The molecule has 0 spiro atoms. The fraction of sp³-hybridized carbons (Fsp3) is 0.455. The quantitative estimate of drug-likeness (QED) is 0.765. The molecule has 2 heterocycles. The zero-order valence-corrected chi connectivity index (χ0v) is 9.03. The van der Waals surface area contributed by atoms with Gasteiger partial charge < -0.3 is 24.6 Å². The summed E-state index contributed by atoms with van der Waals surface area (Å²) in [5, 5.41) is 12.9. The summed E-state index contributed by atoms with van der Waals surface area (Å²) in [5.74, 6) is -0.469. The molecule has 1 aromatic carbocycles. The number of phenols is 1. The molecule has 1 fully saturated rings. The molecule has 1 aromatic rings. The summed E-state index contributed by atoms with van der Waals surface area (Å²) < 4.78 is 29.4. The number of rotatable bonds is 1. The Kier molecular flexibility index (Phi) is 2.53. The molecular weight excluding hydrogens is 229 g/mol. The number of hydrogen-bond donors (Lipinski definition) is 2. The number of morpholine rings is 1. The fourth-order valence-electron chi connectivity index (χ4n) is 2.08. The highest BCUT2D eigenvalue weighted by atomic mass is 19.1. The lowest BCUT2D eigenvalue weighted by molar-refractivity contribution is 0.0242. The van der Waals surface area contributed by atoms with Crippen LogP contribution >= 0.6 is 0 Å². The van der Waals surface area contributed by atoms with Crippen LogP contribution in [0.1, 0.15) is 11.7 Å². The molecule has 0 amide bonds. The van der Waals surface area contributed by atoms with Crippen molar-refractivity contribution >= 4 is 0 Å². The molecule has 2 N–H and O–H groups in total. The maximum atomic E-state index is 13.5. The van der Waals surface area contributed by atoms with E-state index in [0.29, 0.717) is 30.2 Å². The number of halogens is 1. The van der Waals surface area contributed by atoms with Gasteiger partial charge in [0.2, 0.25) is 6.79 Å². The largest absolute Gasteiger partial charge is 0.504 e. The van der Waals surface area contributed by atoms with Gasteiger partial charge in [0.05, 0.1) is 12.2 Å². The van der Waals surface area contributed by atoms with Crippen molar-refractivity contribution in [3.8, 4) is 17.2 Å². The highest BCUT2D eigenvalue weighted by molar-refractivity contribution is 5.56. The summed E-state index contributed by atoms with van der Waals surface area (Å²) in [6.07, 6.45) is -0.421. The van der Waals surface area contributed by atoms with Crippen LogP contribution < -0.4 is 14.8 Å². The molecule has 2 aliphatic rings. The molecule has 1 atom stereocenters. The first kappa shape index (κ1) is 10.6. The molecule has 5 nitrogen and oxygen atoms in total. The summed E-state index contributed by atoms with van der Waals surface area (Å²) >= 11 is 0. The van der Waals surface area contributed by atoms with Crippen molar-refractivity contribution < 1.29 is 23.7 Å². The third kappa shape index (κ3) is 1.69. The van der Waals surface area contributed by atoms with Crippen molar-refractivity contribution in [2.45, 2.75) is 6.10 Å². The van der Waals surface area contributed by atoms with Crippen molar-refractivity contribution in [1.82, 2.24) is 5.32 Å². The first-order valence-corrected chi connectivity index (χ1v) is 5.40. The van der Waals surface area contributed by atoms with Gasteiger partial charge in [-0.05, 0) is 0 Å². The first-order chi connectivity index (χ1) is 8.27. The van der Waals surface area contributed by atoms with Gasteiger partial charge in [0.15, 0.2) is 23.1 Å². The van der Waals surface area contributed by atoms with Crippen LogP contribution in [0.15, 0.2) is 6.07 Å². The molecule has 0 aromatic heterocycles. The number of phenolic OH excluding ortho intramolecular Hbond substituents is 1. The molecule has 0 aliphatic carbocycles. The molecule has 0 saturated carbocycles. The van der Waals surface area contributed by atoms with Crippen LogP contribution in [0, 0.1) is 5.82 Å². The van der Waals surface area contributed by atoms with Gasteiger partial charge in [0, 0.05) is 19.2 Å². The highest BCUT2D eigenvalue weighted by Crippen LogP contribution is 2.46. The maximum absolute atomic E-state index is 13.5. The molecular formula is C11H12FNO4. The lowest BCUT2D eigenvalue weighted by atomic mass is 10.0. The predicted octanol–water partition coefficient (Wildman–Crippen LogP) is 0.921. The van der Waals surface area contributed by atoms with E-state index in [1.807, 2.05) is 0 Å². The minimum absolute atomic E-state index is 0.0331. The van der Waals surface area contributed by atoms with Crippen LogP contribution in [-0.4, -0.2) is 31.6 Å². The van der Waals surface area contributed by atoms with Gasteiger partial charge in [-0.3, -0.25) is 0 Å². The van der Waals surface area contributed by atoms with Crippen molar-refractivity contribution in [1.29, 1.82) is 0 Å². The van der Waals surface area contributed by atoms with Gasteiger partial charge in [-0.1, -0.05) is 0 Å². The normalized spacial score (nSPS) is 22.8. The van der Waals surface area contributed by atoms with Crippen molar-refractivity contribution in [2.75, 3.05) is 26.5 Å². The van der Waals surface area contributed by atoms with E-state index in [0.717, 1.165) is 12.6 Å². The van der Waals surface area contributed by atoms with Crippen molar-refractivity contribution in [3.63, 3.8) is 0 Å². The second kappa shape index (κ2) is 4.05. The van der Waals surface area contributed by atoms with E-state index in [4.69, 9.17) is 14.2 Å². The van der Waals surface area contributed by atoms with Crippen LogP contribution in [0.4, 0.5) is 4.39 Å². The summed E-state index contributed by atoms with van der Waals surface area (Å²) in [5.41, 5.74) is 0.324. The number of benzene rings is 1.